The van der Waals surface area contributed by atoms with Gasteiger partial charge in [0.15, 0.2) is 0 Å². The quantitative estimate of drug-likeness (QED) is 0.375. The van der Waals surface area contributed by atoms with Crippen molar-refractivity contribution in [2.45, 2.75) is 50.5 Å². The Bertz CT molecular complexity index is 1340. The van der Waals surface area contributed by atoms with Crippen molar-refractivity contribution in [3.8, 4) is 16.9 Å². The first kappa shape index (κ1) is 22.4. The fourth-order valence-electron chi connectivity index (χ4n) is 8.03. The number of rotatable bonds is 5. The van der Waals surface area contributed by atoms with E-state index in [1.165, 1.54) is 60.1 Å². The van der Waals surface area contributed by atoms with Crippen LogP contribution in [-0.4, -0.2) is 28.9 Å². The molecule has 8 rings (SSSR count). The molecule has 0 N–H and O–H groups in total. The van der Waals surface area contributed by atoms with E-state index in [4.69, 9.17) is 4.74 Å². The molecule has 4 aliphatic carbocycles. The van der Waals surface area contributed by atoms with Crippen LogP contribution in [0.2, 0.25) is 0 Å². The second kappa shape index (κ2) is 8.37. The minimum Gasteiger partial charge on any atom is -0.496 e. The molecular weight excluding hydrogens is 466 g/mol. The molecule has 1 aliphatic heterocycles. The lowest BCUT2D eigenvalue weighted by atomic mass is 9.48. The summed E-state index contributed by atoms with van der Waals surface area (Å²) in [5, 5.41) is 2.14. The topological polar surface area (TPSA) is 46.6 Å². The summed E-state index contributed by atoms with van der Waals surface area (Å²) in [4.78, 5) is 25.3. The minimum atomic E-state index is -0.148. The normalized spacial score (nSPS) is 28.9. The van der Waals surface area contributed by atoms with Crippen LogP contribution in [0.5, 0.6) is 5.75 Å². The van der Waals surface area contributed by atoms with E-state index < -0.39 is 0 Å². The third-order valence-electron chi connectivity index (χ3n) is 9.23. The van der Waals surface area contributed by atoms with Gasteiger partial charge in [0.2, 0.25) is 5.91 Å². The summed E-state index contributed by atoms with van der Waals surface area (Å²) in [6.07, 6.45) is 8.27. The molecule has 0 atom stereocenters. The lowest BCUT2D eigenvalue weighted by Gasteiger charge is -2.57. The van der Waals surface area contributed by atoms with Gasteiger partial charge < -0.3 is 4.74 Å². The standard InChI is InChI=1S/C31H31NO3S/c1-35-28-7-6-26(13-27(28)31-14-20-8-21(15-31)10-22(9-20)16-31)25-5-4-23-11-19(2-3-24(23)12-25)17-32-29(33)18-36-30(32)34/h2-7,11-13,20-22H,8-10,14-18H2,1H3. The van der Waals surface area contributed by atoms with Gasteiger partial charge in [-0.2, -0.15) is 0 Å². The van der Waals surface area contributed by atoms with E-state index in [-0.39, 0.29) is 22.3 Å². The summed E-state index contributed by atoms with van der Waals surface area (Å²) in [6.45, 7) is 0.343. The number of methoxy groups -OCH3 is 1. The van der Waals surface area contributed by atoms with Crippen LogP contribution in [0.25, 0.3) is 21.9 Å². The van der Waals surface area contributed by atoms with Crippen LogP contribution in [0.15, 0.2) is 54.6 Å². The molecule has 4 bridgehead atoms. The number of carbonyl (C=O) groups excluding carboxylic acids is 2. The highest BCUT2D eigenvalue weighted by atomic mass is 32.2. The van der Waals surface area contributed by atoms with Crippen molar-refractivity contribution in [3.63, 3.8) is 0 Å². The minimum absolute atomic E-state index is 0.102. The highest BCUT2D eigenvalue weighted by Gasteiger charge is 2.52. The molecule has 0 spiro atoms. The van der Waals surface area contributed by atoms with Crippen molar-refractivity contribution in [2.24, 2.45) is 17.8 Å². The highest BCUT2D eigenvalue weighted by molar-refractivity contribution is 8.14. The Hall–Kier alpha value is -2.79. The molecule has 5 fully saturated rings. The molecule has 1 heterocycles. The number of thioether (sulfide) groups is 1. The molecule has 3 aromatic carbocycles. The van der Waals surface area contributed by atoms with E-state index in [1.807, 2.05) is 13.2 Å². The van der Waals surface area contributed by atoms with Gasteiger partial charge in [0.1, 0.15) is 5.75 Å². The van der Waals surface area contributed by atoms with Gasteiger partial charge in [-0.05, 0) is 113 Å². The van der Waals surface area contributed by atoms with Crippen molar-refractivity contribution in [1.29, 1.82) is 0 Å². The van der Waals surface area contributed by atoms with Crippen LogP contribution >= 0.6 is 11.8 Å². The smallest absolute Gasteiger partial charge is 0.289 e. The maximum atomic E-state index is 12.0. The Morgan fingerprint density at radius 3 is 2.17 bits per heavy atom. The van der Waals surface area contributed by atoms with Crippen molar-refractivity contribution in [1.82, 2.24) is 4.90 Å². The molecule has 4 nitrogen and oxygen atoms in total. The van der Waals surface area contributed by atoms with E-state index >= 15 is 0 Å². The number of amides is 2. The molecule has 5 aliphatic rings. The van der Waals surface area contributed by atoms with Crippen LogP contribution < -0.4 is 4.74 Å². The first-order valence-corrected chi connectivity index (χ1v) is 14.2. The average molecular weight is 498 g/mol. The van der Waals surface area contributed by atoms with Gasteiger partial charge in [0.25, 0.3) is 5.24 Å². The number of carbonyl (C=O) groups is 2. The number of ether oxygens (including phenoxy) is 1. The largest absolute Gasteiger partial charge is 0.496 e. The zero-order valence-electron chi connectivity index (χ0n) is 20.7. The SMILES string of the molecule is COc1ccc(-c2ccc3cc(CN4C(=O)CSC4=O)ccc3c2)cc1C12CC3CC(CC(C3)C1)C2. The molecular formula is C31H31NO3S. The van der Waals surface area contributed by atoms with Crippen molar-refractivity contribution < 1.29 is 14.3 Å². The summed E-state index contributed by atoms with van der Waals surface area (Å²) >= 11 is 1.09. The van der Waals surface area contributed by atoms with Gasteiger partial charge in [-0.15, -0.1) is 0 Å². The number of hydrogen-bond donors (Lipinski definition) is 0. The molecule has 0 aromatic heterocycles. The lowest BCUT2D eigenvalue weighted by molar-refractivity contribution is -0.125. The van der Waals surface area contributed by atoms with E-state index in [9.17, 15) is 9.59 Å². The van der Waals surface area contributed by atoms with Gasteiger partial charge >= 0.3 is 0 Å². The second-order valence-electron chi connectivity index (χ2n) is 11.5. The van der Waals surface area contributed by atoms with Crippen LogP contribution in [-0.2, 0) is 16.8 Å². The summed E-state index contributed by atoms with van der Waals surface area (Å²) < 4.78 is 5.93. The number of benzene rings is 3. The van der Waals surface area contributed by atoms with Gasteiger partial charge in [-0.3, -0.25) is 14.5 Å². The van der Waals surface area contributed by atoms with Crippen LogP contribution in [0, 0.1) is 17.8 Å². The van der Waals surface area contributed by atoms with Gasteiger partial charge in [-0.1, -0.05) is 42.1 Å². The first-order chi connectivity index (χ1) is 17.5. The van der Waals surface area contributed by atoms with Gasteiger partial charge in [0.05, 0.1) is 19.4 Å². The van der Waals surface area contributed by atoms with Crippen molar-refractivity contribution in [2.75, 3.05) is 12.9 Å². The predicted molar refractivity (Wildman–Crippen MR) is 144 cm³/mol. The number of fused-ring (bicyclic) bond motifs is 1. The van der Waals surface area contributed by atoms with Crippen LogP contribution in [0.4, 0.5) is 4.79 Å². The zero-order valence-corrected chi connectivity index (χ0v) is 21.5. The van der Waals surface area contributed by atoms with Gasteiger partial charge in [-0.25, -0.2) is 0 Å². The molecule has 36 heavy (non-hydrogen) atoms. The van der Waals surface area contributed by atoms with Crippen molar-refractivity contribution in [3.05, 3.63) is 65.7 Å². The first-order valence-electron chi connectivity index (χ1n) is 13.2. The highest BCUT2D eigenvalue weighted by Crippen LogP contribution is 2.62. The maximum absolute atomic E-state index is 12.0. The fraction of sp³-hybridized carbons (Fsp3) is 0.419. The molecule has 3 aromatic rings. The van der Waals surface area contributed by atoms with Crippen LogP contribution in [0.3, 0.4) is 0 Å². The van der Waals surface area contributed by atoms with Crippen molar-refractivity contribution >= 4 is 33.7 Å². The Morgan fingerprint density at radius 2 is 1.50 bits per heavy atom. The van der Waals surface area contributed by atoms with E-state index in [1.54, 1.807) is 0 Å². The summed E-state index contributed by atoms with van der Waals surface area (Å²) in [5.74, 6) is 3.88. The Balaban J connectivity index is 1.21. The van der Waals surface area contributed by atoms with Crippen LogP contribution in [0.1, 0.15) is 49.7 Å². The van der Waals surface area contributed by atoms with E-state index in [0.717, 1.165) is 51.6 Å². The second-order valence-corrected chi connectivity index (χ2v) is 12.5. The summed E-state index contributed by atoms with van der Waals surface area (Å²) in [7, 11) is 1.81. The Labute approximate surface area is 216 Å². The molecule has 0 radical (unpaired) electrons. The predicted octanol–water partition coefficient (Wildman–Crippen LogP) is 7.18. The zero-order chi connectivity index (χ0) is 24.4. The molecule has 2 amide bonds. The molecule has 1 saturated heterocycles. The Morgan fingerprint density at radius 1 is 0.861 bits per heavy atom. The third kappa shape index (κ3) is 3.66. The maximum Gasteiger partial charge on any atom is 0.289 e. The number of hydrogen-bond acceptors (Lipinski definition) is 4. The third-order valence-corrected chi connectivity index (χ3v) is 10.1. The Kier molecular flexibility index (Phi) is 5.21. The summed E-state index contributed by atoms with van der Waals surface area (Å²) in [5.41, 5.74) is 5.15. The average Bonchev–Trinajstić information content (AvgIpc) is 3.19. The van der Waals surface area contributed by atoms with Gasteiger partial charge in [0, 0.05) is 5.56 Å². The monoisotopic (exact) mass is 497 g/mol. The lowest BCUT2D eigenvalue weighted by Crippen LogP contribution is -2.48. The fourth-order valence-corrected chi connectivity index (χ4v) is 8.76. The molecule has 5 heteroatoms. The summed E-state index contributed by atoms with van der Waals surface area (Å²) in [6, 6.07) is 19.6. The molecule has 184 valence electrons. The van der Waals surface area contributed by atoms with E-state index in [0.29, 0.717) is 6.54 Å². The number of imide groups is 1. The number of nitrogens with zero attached hydrogens (tertiary/aromatic N) is 1. The molecule has 0 unspecified atom stereocenters. The van der Waals surface area contributed by atoms with E-state index in [2.05, 4.69) is 48.5 Å². The molecule has 4 saturated carbocycles.